The molecule has 0 aliphatic rings. The van der Waals surface area contributed by atoms with Crippen molar-refractivity contribution >= 4 is 17.6 Å². The minimum absolute atomic E-state index is 0.139. The van der Waals surface area contributed by atoms with Gasteiger partial charge in [0.15, 0.2) is 0 Å². The third-order valence-corrected chi connectivity index (χ3v) is 2.31. The number of hydrogen-bond acceptors (Lipinski definition) is 2. The summed E-state index contributed by atoms with van der Waals surface area (Å²) in [4.78, 5) is 10.6. The Hall–Kier alpha value is -1.48. The highest BCUT2D eigenvalue weighted by atomic mass is 35.5. The first-order valence-corrected chi connectivity index (χ1v) is 5.24. The molecule has 4 heteroatoms. The molecule has 0 amide bonds. The zero-order valence-electron chi connectivity index (χ0n) is 9.00. The second-order valence-corrected chi connectivity index (χ2v) is 3.69. The number of carboxylic acids is 1. The van der Waals surface area contributed by atoms with Gasteiger partial charge in [0, 0.05) is 12.0 Å². The molecule has 0 spiro atoms. The van der Waals surface area contributed by atoms with Gasteiger partial charge in [0.1, 0.15) is 5.75 Å². The fourth-order valence-corrected chi connectivity index (χ4v) is 1.51. The molecule has 0 saturated carbocycles. The number of ether oxygens (including phenoxy) is 1. The van der Waals surface area contributed by atoms with E-state index in [2.05, 4.69) is 6.58 Å². The van der Waals surface area contributed by atoms with Crippen molar-refractivity contribution in [1.29, 1.82) is 0 Å². The van der Waals surface area contributed by atoms with Crippen LogP contribution in [-0.2, 0) is 11.2 Å². The van der Waals surface area contributed by atoms with Crippen LogP contribution in [0.15, 0.2) is 30.4 Å². The van der Waals surface area contributed by atoms with E-state index in [1.807, 2.05) is 6.92 Å². The minimum atomic E-state index is -0.995. The molecule has 86 valence electrons. The molecule has 0 heterocycles. The third kappa shape index (κ3) is 3.28. The Morgan fingerprint density at radius 2 is 2.25 bits per heavy atom. The molecular weight excluding hydrogens is 228 g/mol. The van der Waals surface area contributed by atoms with Gasteiger partial charge in [0.05, 0.1) is 11.6 Å². The molecule has 0 saturated heterocycles. The monoisotopic (exact) mass is 240 g/mol. The maximum absolute atomic E-state index is 10.6. The van der Waals surface area contributed by atoms with Gasteiger partial charge in [-0.1, -0.05) is 24.2 Å². The van der Waals surface area contributed by atoms with Gasteiger partial charge in [0.2, 0.25) is 0 Å². The van der Waals surface area contributed by atoms with E-state index in [0.29, 0.717) is 17.4 Å². The lowest BCUT2D eigenvalue weighted by Gasteiger charge is -2.07. The van der Waals surface area contributed by atoms with Crippen LogP contribution in [0, 0.1) is 0 Å². The van der Waals surface area contributed by atoms with Crippen LogP contribution in [0.4, 0.5) is 0 Å². The molecule has 0 radical (unpaired) electrons. The number of halogens is 1. The first-order valence-electron chi connectivity index (χ1n) is 4.87. The summed E-state index contributed by atoms with van der Waals surface area (Å²) in [6, 6.07) is 5.21. The minimum Gasteiger partial charge on any atom is -0.492 e. The van der Waals surface area contributed by atoms with E-state index in [0.717, 1.165) is 5.56 Å². The summed E-state index contributed by atoms with van der Waals surface area (Å²) in [7, 11) is 0. The normalized spacial score (nSPS) is 9.88. The highest BCUT2D eigenvalue weighted by molar-refractivity contribution is 6.32. The zero-order valence-corrected chi connectivity index (χ0v) is 9.75. The lowest BCUT2D eigenvalue weighted by Crippen LogP contribution is -2.02. The van der Waals surface area contributed by atoms with E-state index in [-0.39, 0.29) is 12.0 Å². The Morgan fingerprint density at radius 3 is 2.75 bits per heavy atom. The number of rotatable bonds is 5. The van der Waals surface area contributed by atoms with Crippen molar-refractivity contribution in [2.24, 2.45) is 0 Å². The molecule has 0 aliphatic carbocycles. The van der Waals surface area contributed by atoms with Crippen LogP contribution in [0.1, 0.15) is 12.5 Å². The topological polar surface area (TPSA) is 46.5 Å². The zero-order chi connectivity index (χ0) is 12.1. The molecule has 0 bridgehead atoms. The van der Waals surface area contributed by atoms with Crippen molar-refractivity contribution in [1.82, 2.24) is 0 Å². The first kappa shape index (κ1) is 12.6. The van der Waals surface area contributed by atoms with Crippen LogP contribution in [0.2, 0.25) is 5.02 Å². The summed E-state index contributed by atoms with van der Waals surface area (Å²) in [5.41, 5.74) is 0.945. The highest BCUT2D eigenvalue weighted by Gasteiger charge is 2.07. The van der Waals surface area contributed by atoms with Crippen molar-refractivity contribution in [3.63, 3.8) is 0 Å². The number of carbonyl (C=O) groups is 1. The molecule has 0 atom stereocenters. The van der Waals surface area contributed by atoms with Crippen molar-refractivity contribution in [3.05, 3.63) is 40.9 Å². The quantitative estimate of drug-likeness (QED) is 0.805. The molecule has 1 rings (SSSR count). The van der Waals surface area contributed by atoms with Crippen molar-refractivity contribution < 1.29 is 14.6 Å². The fourth-order valence-electron chi connectivity index (χ4n) is 1.25. The summed E-state index contributed by atoms with van der Waals surface area (Å²) in [5.74, 6) is -0.390. The molecule has 0 unspecified atom stereocenters. The summed E-state index contributed by atoms with van der Waals surface area (Å²) >= 11 is 5.97. The summed E-state index contributed by atoms with van der Waals surface area (Å²) < 4.78 is 5.27. The fraction of sp³-hybridized carbons (Fsp3) is 0.250. The Kier molecular flexibility index (Phi) is 4.38. The Balaban J connectivity index is 2.81. The molecular formula is C12H13ClO3. The van der Waals surface area contributed by atoms with Crippen LogP contribution in [0.5, 0.6) is 5.75 Å². The number of hydrogen-bond donors (Lipinski definition) is 1. The average molecular weight is 241 g/mol. The predicted octanol–water partition coefficient (Wildman–Crippen LogP) is 2.92. The van der Waals surface area contributed by atoms with Crippen molar-refractivity contribution in [2.45, 2.75) is 13.3 Å². The summed E-state index contributed by atoms with van der Waals surface area (Å²) in [6.45, 7) is 5.88. The number of benzene rings is 1. The highest BCUT2D eigenvalue weighted by Crippen LogP contribution is 2.26. The summed E-state index contributed by atoms with van der Waals surface area (Å²) in [6.07, 6.45) is 0.279. The van der Waals surface area contributed by atoms with Gasteiger partial charge in [0.25, 0.3) is 0 Å². The summed E-state index contributed by atoms with van der Waals surface area (Å²) in [5, 5.41) is 9.18. The Labute approximate surface area is 99.3 Å². The molecule has 16 heavy (non-hydrogen) atoms. The van der Waals surface area contributed by atoms with Crippen molar-refractivity contribution in [3.8, 4) is 5.75 Å². The SMILES string of the molecule is C=C(Cc1ccc(OCC)c(Cl)c1)C(=O)O. The molecule has 0 aliphatic heterocycles. The van der Waals surface area contributed by atoms with E-state index < -0.39 is 5.97 Å². The van der Waals surface area contributed by atoms with Crippen LogP contribution >= 0.6 is 11.6 Å². The number of aliphatic carboxylic acids is 1. The van der Waals surface area contributed by atoms with Gasteiger partial charge in [-0.25, -0.2) is 4.79 Å². The van der Waals surface area contributed by atoms with E-state index in [1.54, 1.807) is 18.2 Å². The molecule has 0 fully saturated rings. The maximum atomic E-state index is 10.6. The van der Waals surface area contributed by atoms with Gasteiger partial charge in [-0.05, 0) is 24.6 Å². The van der Waals surface area contributed by atoms with Crippen molar-refractivity contribution in [2.75, 3.05) is 6.61 Å². The maximum Gasteiger partial charge on any atom is 0.331 e. The predicted molar refractivity (Wildman–Crippen MR) is 63.1 cm³/mol. The van der Waals surface area contributed by atoms with Crippen LogP contribution < -0.4 is 4.74 Å². The molecule has 1 aromatic rings. The average Bonchev–Trinajstić information content (AvgIpc) is 2.22. The Bertz CT molecular complexity index is 413. The van der Waals surface area contributed by atoms with Crippen LogP contribution in [0.25, 0.3) is 0 Å². The molecule has 1 aromatic carbocycles. The van der Waals surface area contributed by atoms with Gasteiger partial charge in [-0.2, -0.15) is 0 Å². The largest absolute Gasteiger partial charge is 0.492 e. The molecule has 1 N–H and O–H groups in total. The smallest absolute Gasteiger partial charge is 0.331 e. The third-order valence-electron chi connectivity index (χ3n) is 2.02. The Morgan fingerprint density at radius 1 is 1.56 bits per heavy atom. The lowest BCUT2D eigenvalue weighted by molar-refractivity contribution is -0.132. The lowest BCUT2D eigenvalue weighted by atomic mass is 10.1. The standard InChI is InChI=1S/C12H13ClO3/c1-3-16-11-5-4-9(7-10(11)13)6-8(2)12(14)15/h4-5,7H,2-3,6H2,1H3,(H,14,15). The van der Waals surface area contributed by atoms with Gasteiger partial charge < -0.3 is 9.84 Å². The van der Waals surface area contributed by atoms with Gasteiger partial charge in [-0.3, -0.25) is 0 Å². The first-order chi connectivity index (χ1) is 7.54. The number of carboxylic acid groups (broad SMARTS) is 1. The van der Waals surface area contributed by atoms with E-state index >= 15 is 0 Å². The van der Waals surface area contributed by atoms with Gasteiger partial charge >= 0.3 is 5.97 Å². The molecule has 0 aromatic heterocycles. The van der Waals surface area contributed by atoms with E-state index in [9.17, 15) is 4.79 Å². The van der Waals surface area contributed by atoms with E-state index in [4.69, 9.17) is 21.4 Å². The van der Waals surface area contributed by atoms with Crippen LogP contribution in [0.3, 0.4) is 0 Å². The second-order valence-electron chi connectivity index (χ2n) is 3.28. The second kappa shape index (κ2) is 5.56. The van der Waals surface area contributed by atoms with Gasteiger partial charge in [-0.15, -0.1) is 0 Å². The van der Waals surface area contributed by atoms with E-state index in [1.165, 1.54) is 0 Å². The molecule has 3 nitrogen and oxygen atoms in total. The van der Waals surface area contributed by atoms with Crippen LogP contribution in [-0.4, -0.2) is 17.7 Å².